The van der Waals surface area contributed by atoms with Crippen molar-refractivity contribution in [2.75, 3.05) is 0 Å². The molecule has 23 heavy (non-hydrogen) atoms. The molecule has 0 aliphatic rings. The lowest BCUT2D eigenvalue weighted by Gasteiger charge is -2.10. The predicted octanol–water partition coefficient (Wildman–Crippen LogP) is 4.14. The molecule has 5 heteroatoms. The van der Waals surface area contributed by atoms with Crippen LogP contribution in [0.15, 0.2) is 59.1 Å². The van der Waals surface area contributed by atoms with Gasteiger partial charge >= 0.3 is 0 Å². The molecule has 0 saturated heterocycles. The van der Waals surface area contributed by atoms with Crippen LogP contribution in [0, 0.1) is 0 Å². The highest BCUT2D eigenvalue weighted by Gasteiger charge is 2.11. The van der Waals surface area contributed by atoms with Crippen LogP contribution in [0.1, 0.15) is 29.8 Å². The van der Waals surface area contributed by atoms with Crippen LogP contribution in [0.4, 0.5) is 0 Å². The molecule has 0 aliphatic heterocycles. The third kappa shape index (κ3) is 3.97. The molecule has 3 aromatic rings. The van der Waals surface area contributed by atoms with Gasteiger partial charge in [0.2, 0.25) is 5.89 Å². The van der Waals surface area contributed by atoms with Crippen LogP contribution in [0.5, 0.6) is 0 Å². The molecule has 0 bridgehead atoms. The third-order valence-corrected chi connectivity index (χ3v) is 3.90. The van der Waals surface area contributed by atoms with Gasteiger partial charge in [0, 0.05) is 6.42 Å². The van der Waals surface area contributed by atoms with Crippen molar-refractivity contribution >= 4 is 11.6 Å². The normalized spacial score (nSPS) is 12.3. The Kier molecular flexibility index (Phi) is 5.05. The van der Waals surface area contributed by atoms with E-state index in [9.17, 15) is 5.11 Å². The van der Waals surface area contributed by atoms with Crippen molar-refractivity contribution in [3.8, 4) is 11.1 Å². The molecule has 0 spiro atoms. The first kappa shape index (κ1) is 15.7. The molecule has 0 aliphatic carbocycles. The van der Waals surface area contributed by atoms with E-state index in [4.69, 9.17) is 16.1 Å². The smallest absolute Gasteiger partial charge is 0.226 e. The van der Waals surface area contributed by atoms with Gasteiger partial charge in [-0.1, -0.05) is 59.8 Å². The molecule has 1 aromatic heterocycles. The van der Waals surface area contributed by atoms with Crippen LogP contribution in [0.25, 0.3) is 11.1 Å². The summed E-state index contributed by atoms with van der Waals surface area (Å²) in [5.41, 5.74) is 3.17. The minimum atomic E-state index is -0.564. The van der Waals surface area contributed by atoms with Gasteiger partial charge in [0.1, 0.15) is 0 Å². The highest BCUT2D eigenvalue weighted by Crippen LogP contribution is 2.24. The van der Waals surface area contributed by atoms with E-state index in [2.05, 4.69) is 22.3 Å². The SMILES string of the molecule is OC(CCc1nc(CCl)no1)c1ccc(-c2ccccc2)cc1. The molecule has 0 saturated carbocycles. The summed E-state index contributed by atoms with van der Waals surface area (Å²) in [5, 5.41) is 14.0. The Balaban J connectivity index is 1.62. The van der Waals surface area contributed by atoms with E-state index in [0.717, 1.165) is 16.7 Å². The summed E-state index contributed by atoms with van der Waals surface area (Å²) in [6.07, 6.45) is 0.478. The Morgan fingerprint density at radius 2 is 1.70 bits per heavy atom. The average molecular weight is 329 g/mol. The first-order chi connectivity index (χ1) is 11.3. The van der Waals surface area contributed by atoms with Crippen molar-refractivity contribution in [3.05, 3.63) is 71.9 Å². The molecule has 0 amide bonds. The van der Waals surface area contributed by atoms with Gasteiger partial charge < -0.3 is 9.63 Å². The fourth-order valence-corrected chi connectivity index (χ4v) is 2.51. The summed E-state index contributed by atoms with van der Waals surface area (Å²) < 4.78 is 5.06. The van der Waals surface area contributed by atoms with Crippen LogP contribution in [0.3, 0.4) is 0 Å². The molecule has 0 radical (unpaired) electrons. The Labute approximate surface area is 139 Å². The molecule has 3 rings (SSSR count). The topological polar surface area (TPSA) is 59.2 Å². The Hall–Kier alpha value is -2.17. The summed E-state index contributed by atoms with van der Waals surface area (Å²) in [5.74, 6) is 1.21. The second kappa shape index (κ2) is 7.40. The van der Waals surface area contributed by atoms with Crippen molar-refractivity contribution in [3.63, 3.8) is 0 Å². The molecule has 1 N–H and O–H groups in total. The van der Waals surface area contributed by atoms with Gasteiger partial charge in [-0.05, 0) is 23.1 Å². The van der Waals surface area contributed by atoms with Gasteiger partial charge in [-0.3, -0.25) is 0 Å². The van der Waals surface area contributed by atoms with E-state index < -0.39 is 6.10 Å². The number of halogens is 1. The van der Waals surface area contributed by atoms with Gasteiger partial charge in [0.25, 0.3) is 0 Å². The lowest BCUT2D eigenvalue weighted by Crippen LogP contribution is -2.00. The maximum atomic E-state index is 10.3. The fourth-order valence-electron chi connectivity index (χ4n) is 2.40. The highest BCUT2D eigenvalue weighted by atomic mass is 35.5. The standard InChI is InChI=1S/C18H17ClN2O2/c19-12-17-20-18(23-21-17)11-10-16(22)15-8-6-14(7-9-15)13-4-2-1-3-5-13/h1-9,16,22H,10-12H2. The summed E-state index contributed by atoms with van der Waals surface area (Å²) in [7, 11) is 0. The quantitative estimate of drug-likeness (QED) is 0.691. The lowest BCUT2D eigenvalue weighted by molar-refractivity contribution is 0.163. The van der Waals surface area contributed by atoms with Crippen molar-refractivity contribution in [1.82, 2.24) is 10.1 Å². The number of rotatable bonds is 6. The van der Waals surface area contributed by atoms with Crippen molar-refractivity contribution in [2.24, 2.45) is 0 Å². The summed E-state index contributed by atoms with van der Waals surface area (Å²) >= 11 is 5.63. The number of hydrogen-bond acceptors (Lipinski definition) is 4. The maximum absolute atomic E-state index is 10.3. The molecule has 118 valence electrons. The number of hydrogen-bond donors (Lipinski definition) is 1. The zero-order valence-electron chi connectivity index (χ0n) is 12.5. The summed E-state index contributed by atoms with van der Waals surface area (Å²) in [4.78, 5) is 4.13. The predicted molar refractivity (Wildman–Crippen MR) is 89.0 cm³/mol. The number of aliphatic hydroxyl groups is 1. The van der Waals surface area contributed by atoms with E-state index in [1.54, 1.807) is 0 Å². The minimum Gasteiger partial charge on any atom is -0.388 e. The third-order valence-electron chi connectivity index (χ3n) is 3.66. The monoisotopic (exact) mass is 328 g/mol. The second-order valence-electron chi connectivity index (χ2n) is 5.28. The fraction of sp³-hybridized carbons (Fsp3) is 0.222. The van der Waals surface area contributed by atoms with Crippen LogP contribution >= 0.6 is 11.6 Å². The largest absolute Gasteiger partial charge is 0.388 e. The van der Waals surface area contributed by atoms with Gasteiger partial charge in [-0.25, -0.2) is 0 Å². The molecule has 1 unspecified atom stereocenters. The van der Waals surface area contributed by atoms with Crippen LogP contribution in [-0.2, 0) is 12.3 Å². The number of alkyl halides is 1. The van der Waals surface area contributed by atoms with Gasteiger partial charge in [-0.2, -0.15) is 4.98 Å². The zero-order valence-corrected chi connectivity index (χ0v) is 13.3. The molecule has 1 heterocycles. The summed E-state index contributed by atoms with van der Waals surface area (Å²) in [6.45, 7) is 0. The molecular weight excluding hydrogens is 312 g/mol. The minimum absolute atomic E-state index is 0.229. The molecule has 2 aromatic carbocycles. The van der Waals surface area contributed by atoms with E-state index in [0.29, 0.717) is 24.6 Å². The lowest BCUT2D eigenvalue weighted by atomic mass is 10.00. The van der Waals surface area contributed by atoms with Crippen LogP contribution < -0.4 is 0 Å². The van der Waals surface area contributed by atoms with E-state index in [1.807, 2.05) is 42.5 Å². The van der Waals surface area contributed by atoms with Crippen molar-refractivity contribution in [1.29, 1.82) is 0 Å². The zero-order chi connectivity index (χ0) is 16.1. The molecule has 1 atom stereocenters. The van der Waals surface area contributed by atoms with Crippen molar-refractivity contribution < 1.29 is 9.63 Å². The van der Waals surface area contributed by atoms with E-state index in [1.165, 1.54) is 0 Å². The Morgan fingerprint density at radius 3 is 2.35 bits per heavy atom. The maximum Gasteiger partial charge on any atom is 0.226 e. The first-order valence-corrected chi connectivity index (χ1v) is 8.00. The number of aliphatic hydroxyl groups excluding tert-OH is 1. The van der Waals surface area contributed by atoms with E-state index >= 15 is 0 Å². The van der Waals surface area contributed by atoms with Gasteiger partial charge in [0.15, 0.2) is 5.82 Å². The average Bonchev–Trinajstić information content (AvgIpc) is 3.09. The molecular formula is C18H17ClN2O2. The molecule has 0 fully saturated rings. The molecule has 4 nitrogen and oxygen atoms in total. The number of benzene rings is 2. The second-order valence-corrected chi connectivity index (χ2v) is 5.55. The Bertz CT molecular complexity index is 741. The van der Waals surface area contributed by atoms with Gasteiger partial charge in [-0.15, -0.1) is 11.6 Å². The van der Waals surface area contributed by atoms with Crippen molar-refractivity contribution in [2.45, 2.75) is 24.8 Å². The number of aryl methyl sites for hydroxylation is 1. The van der Waals surface area contributed by atoms with Crippen LogP contribution in [0.2, 0.25) is 0 Å². The summed E-state index contributed by atoms with van der Waals surface area (Å²) in [6, 6.07) is 18.1. The van der Waals surface area contributed by atoms with Crippen LogP contribution in [-0.4, -0.2) is 15.2 Å². The van der Waals surface area contributed by atoms with E-state index in [-0.39, 0.29) is 5.88 Å². The van der Waals surface area contributed by atoms with Gasteiger partial charge in [0.05, 0.1) is 12.0 Å². The number of nitrogens with zero attached hydrogens (tertiary/aromatic N) is 2. The number of aromatic nitrogens is 2. The highest BCUT2D eigenvalue weighted by molar-refractivity contribution is 6.16. The Morgan fingerprint density at radius 1 is 1.00 bits per heavy atom. The first-order valence-electron chi connectivity index (χ1n) is 7.47.